The molecule has 1 atom stereocenters. The highest BCUT2D eigenvalue weighted by Crippen LogP contribution is 2.35. The van der Waals surface area contributed by atoms with E-state index in [0.717, 1.165) is 19.5 Å². The second-order valence-electron chi connectivity index (χ2n) is 4.73. The second-order valence-corrected chi connectivity index (χ2v) is 4.73. The number of anilines is 2. The standard InChI is InChI=1S/C14H23N3O2/c1-5-11(3)10-16(6-2)13-9-7-8-12(15-4)14(13)17(18)19/h7-9,11,15H,5-6,10H2,1-4H3. The van der Waals surface area contributed by atoms with E-state index < -0.39 is 0 Å². The summed E-state index contributed by atoms with van der Waals surface area (Å²) in [5.74, 6) is 0.512. The Morgan fingerprint density at radius 3 is 2.58 bits per heavy atom. The summed E-state index contributed by atoms with van der Waals surface area (Å²) in [6, 6.07) is 5.41. The van der Waals surface area contributed by atoms with Crippen molar-refractivity contribution in [3.63, 3.8) is 0 Å². The van der Waals surface area contributed by atoms with Crippen molar-refractivity contribution in [1.29, 1.82) is 0 Å². The first-order valence-corrected chi connectivity index (χ1v) is 6.75. The van der Waals surface area contributed by atoms with Crippen LogP contribution in [-0.2, 0) is 0 Å². The number of nitro benzene ring substituents is 1. The largest absolute Gasteiger partial charge is 0.382 e. The molecule has 5 heteroatoms. The third-order valence-electron chi connectivity index (χ3n) is 3.42. The molecule has 1 aromatic carbocycles. The molecule has 0 aliphatic rings. The van der Waals surface area contributed by atoms with Crippen LogP contribution in [0.2, 0.25) is 0 Å². The van der Waals surface area contributed by atoms with Crippen LogP contribution in [0, 0.1) is 16.0 Å². The minimum atomic E-state index is -0.305. The first-order chi connectivity index (χ1) is 9.04. The fraction of sp³-hybridized carbons (Fsp3) is 0.571. The van der Waals surface area contributed by atoms with Crippen molar-refractivity contribution in [2.24, 2.45) is 5.92 Å². The normalized spacial score (nSPS) is 12.0. The molecule has 0 amide bonds. The SMILES string of the molecule is CCC(C)CN(CC)c1cccc(NC)c1[N+](=O)[O-]. The van der Waals surface area contributed by atoms with E-state index in [-0.39, 0.29) is 10.6 Å². The molecule has 0 saturated heterocycles. The lowest BCUT2D eigenvalue weighted by Gasteiger charge is -2.26. The van der Waals surface area contributed by atoms with Crippen LogP contribution in [0.15, 0.2) is 18.2 Å². The van der Waals surface area contributed by atoms with E-state index >= 15 is 0 Å². The van der Waals surface area contributed by atoms with Crippen molar-refractivity contribution < 1.29 is 4.92 Å². The number of hydrogen-bond acceptors (Lipinski definition) is 4. The highest BCUT2D eigenvalue weighted by atomic mass is 16.6. The molecule has 0 heterocycles. The van der Waals surface area contributed by atoms with E-state index in [0.29, 0.717) is 17.3 Å². The molecule has 0 aliphatic heterocycles. The summed E-state index contributed by atoms with van der Waals surface area (Å²) in [4.78, 5) is 13.1. The molecule has 19 heavy (non-hydrogen) atoms. The van der Waals surface area contributed by atoms with Crippen molar-refractivity contribution in [3.05, 3.63) is 28.3 Å². The summed E-state index contributed by atoms with van der Waals surface area (Å²) < 4.78 is 0. The first-order valence-electron chi connectivity index (χ1n) is 6.75. The van der Waals surface area contributed by atoms with Crippen LogP contribution >= 0.6 is 0 Å². The molecule has 1 aromatic rings. The van der Waals surface area contributed by atoms with Gasteiger partial charge in [0.25, 0.3) is 0 Å². The number of nitrogens with one attached hydrogen (secondary N) is 1. The predicted octanol–water partition coefficient (Wildman–Crippen LogP) is 3.51. The molecule has 1 unspecified atom stereocenters. The van der Waals surface area contributed by atoms with E-state index in [1.165, 1.54) is 0 Å². The highest BCUT2D eigenvalue weighted by Gasteiger charge is 2.23. The summed E-state index contributed by atoms with van der Waals surface area (Å²) >= 11 is 0. The number of benzene rings is 1. The van der Waals surface area contributed by atoms with Crippen LogP contribution in [0.1, 0.15) is 27.2 Å². The molecule has 0 saturated carbocycles. The van der Waals surface area contributed by atoms with Gasteiger partial charge >= 0.3 is 5.69 Å². The van der Waals surface area contributed by atoms with Crippen molar-refractivity contribution >= 4 is 17.1 Å². The van der Waals surface area contributed by atoms with Gasteiger partial charge in [-0.25, -0.2) is 0 Å². The molecular weight excluding hydrogens is 242 g/mol. The zero-order chi connectivity index (χ0) is 14.4. The van der Waals surface area contributed by atoms with Crippen LogP contribution in [0.25, 0.3) is 0 Å². The number of nitrogens with zero attached hydrogens (tertiary/aromatic N) is 2. The minimum absolute atomic E-state index is 0.162. The van der Waals surface area contributed by atoms with Crippen LogP contribution in [0.3, 0.4) is 0 Å². The van der Waals surface area contributed by atoms with Crippen molar-refractivity contribution in [2.75, 3.05) is 30.4 Å². The first kappa shape index (κ1) is 15.3. The average molecular weight is 265 g/mol. The number of para-hydroxylation sites is 1. The molecule has 0 fully saturated rings. The Kier molecular flexibility index (Phi) is 5.60. The molecule has 0 spiro atoms. The Morgan fingerprint density at radius 2 is 2.11 bits per heavy atom. The van der Waals surface area contributed by atoms with Gasteiger partial charge in [0, 0.05) is 20.1 Å². The highest BCUT2D eigenvalue weighted by molar-refractivity contribution is 5.76. The van der Waals surface area contributed by atoms with Crippen molar-refractivity contribution in [1.82, 2.24) is 0 Å². The predicted molar refractivity (Wildman–Crippen MR) is 80.0 cm³/mol. The van der Waals surface area contributed by atoms with E-state index in [9.17, 15) is 10.1 Å². The third kappa shape index (κ3) is 3.59. The summed E-state index contributed by atoms with van der Waals surface area (Å²) in [5.41, 5.74) is 1.42. The maximum Gasteiger partial charge on any atom is 0.315 e. The second kappa shape index (κ2) is 6.97. The molecular formula is C14H23N3O2. The monoisotopic (exact) mass is 265 g/mol. The van der Waals surface area contributed by atoms with Gasteiger partial charge in [-0.2, -0.15) is 0 Å². The van der Waals surface area contributed by atoms with Gasteiger partial charge in [-0.15, -0.1) is 0 Å². The molecule has 1 rings (SSSR count). The zero-order valence-electron chi connectivity index (χ0n) is 12.1. The zero-order valence-corrected chi connectivity index (χ0v) is 12.1. The molecule has 0 radical (unpaired) electrons. The van der Waals surface area contributed by atoms with Gasteiger partial charge in [-0.3, -0.25) is 10.1 Å². The fourth-order valence-electron chi connectivity index (χ4n) is 2.08. The summed E-state index contributed by atoms with van der Waals surface area (Å²) in [6.07, 6.45) is 1.07. The van der Waals surface area contributed by atoms with E-state index in [1.54, 1.807) is 13.1 Å². The van der Waals surface area contributed by atoms with E-state index in [1.807, 2.05) is 19.1 Å². The van der Waals surface area contributed by atoms with Gasteiger partial charge in [-0.1, -0.05) is 26.3 Å². The van der Waals surface area contributed by atoms with Crippen molar-refractivity contribution in [3.8, 4) is 0 Å². The lowest BCUT2D eigenvalue weighted by atomic mass is 10.1. The van der Waals surface area contributed by atoms with Gasteiger partial charge in [-0.05, 0) is 25.0 Å². The fourth-order valence-corrected chi connectivity index (χ4v) is 2.08. The Balaban J connectivity index is 3.19. The van der Waals surface area contributed by atoms with Gasteiger partial charge in [0.2, 0.25) is 0 Å². The average Bonchev–Trinajstić information content (AvgIpc) is 2.43. The summed E-state index contributed by atoms with van der Waals surface area (Å²) in [6.45, 7) is 7.92. The lowest BCUT2D eigenvalue weighted by molar-refractivity contribution is -0.383. The van der Waals surface area contributed by atoms with Crippen LogP contribution < -0.4 is 10.2 Å². The van der Waals surface area contributed by atoms with Gasteiger partial charge in [0.1, 0.15) is 11.4 Å². The van der Waals surface area contributed by atoms with Crippen molar-refractivity contribution in [2.45, 2.75) is 27.2 Å². The van der Waals surface area contributed by atoms with Crippen LogP contribution in [0.5, 0.6) is 0 Å². The Hall–Kier alpha value is -1.78. The molecule has 5 nitrogen and oxygen atoms in total. The smallest absolute Gasteiger partial charge is 0.315 e. The maximum atomic E-state index is 11.3. The number of nitro groups is 1. The third-order valence-corrected chi connectivity index (χ3v) is 3.42. The molecule has 0 aliphatic carbocycles. The molecule has 1 N–H and O–H groups in total. The topological polar surface area (TPSA) is 58.4 Å². The van der Waals surface area contributed by atoms with Crippen LogP contribution in [0.4, 0.5) is 17.1 Å². The molecule has 0 bridgehead atoms. The van der Waals surface area contributed by atoms with E-state index in [4.69, 9.17) is 0 Å². The minimum Gasteiger partial charge on any atom is -0.382 e. The molecule has 106 valence electrons. The van der Waals surface area contributed by atoms with Crippen LogP contribution in [-0.4, -0.2) is 25.1 Å². The van der Waals surface area contributed by atoms with Gasteiger partial charge < -0.3 is 10.2 Å². The summed E-state index contributed by atoms with van der Waals surface area (Å²) in [5, 5.41) is 14.2. The number of rotatable bonds is 7. The van der Waals surface area contributed by atoms with Gasteiger partial charge in [0.15, 0.2) is 0 Å². The number of hydrogen-bond donors (Lipinski definition) is 1. The Labute approximate surface area is 114 Å². The molecule has 0 aromatic heterocycles. The summed E-state index contributed by atoms with van der Waals surface area (Å²) in [7, 11) is 1.71. The Morgan fingerprint density at radius 1 is 1.42 bits per heavy atom. The quantitative estimate of drug-likeness (QED) is 0.605. The Bertz CT molecular complexity index is 435. The lowest BCUT2D eigenvalue weighted by Crippen LogP contribution is -2.28. The van der Waals surface area contributed by atoms with Gasteiger partial charge in [0.05, 0.1) is 4.92 Å². The maximum absolute atomic E-state index is 11.3. The van der Waals surface area contributed by atoms with E-state index in [2.05, 4.69) is 24.1 Å².